The van der Waals surface area contributed by atoms with Gasteiger partial charge in [0.15, 0.2) is 5.82 Å². The lowest BCUT2D eigenvalue weighted by Crippen LogP contribution is -2.46. The van der Waals surface area contributed by atoms with Gasteiger partial charge < -0.3 is 10.6 Å². The Morgan fingerprint density at radius 1 is 1.26 bits per heavy atom. The van der Waals surface area contributed by atoms with Gasteiger partial charge >= 0.3 is 0 Å². The molecule has 0 fully saturated rings. The van der Waals surface area contributed by atoms with Crippen molar-refractivity contribution in [2.24, 2.45) is 13.0 Å². The number of benzene rings is 1. The van der Waals surface area contributed by atoms with Crippen molar-refractivity contribution < 1.29 is 9.59 Å². The first kappa shape index (κ1) is 16.6. The van der Waals surface area contributed by atoms with Gasteiger partial charge in [0.25, 0.3) is 0 Å². The normalized spacial score (nSPS) is 12.0. The minimum Gasteiger partial charge on any atom is -0.344 e. The van der Waals surface area contributed by atoms with Crippen molar-refractivity contribution in [3.05, 3.63) is 24.3 Å². The molecular weight excluding hydrogens is 296 g/mol. The van der Waals surface area contributed by atoms with E-state index in [-0.39, 0.29) is 17.7 Å². The fourth-order valence-corrected chi connectivity index (χ4v) is 2.18. The topological polar surface area (TPSA) is 102 Å². The van der Waals surface area contributed by atoms with E-state index >= 15 is 0 Å². The van der Waals surface area contributed by atoms with Gasteiger partial charge in [-0.15, -0.1) is 5.10 Å². The first-order valence-corrected chi connectivity index (χ1v) is 7.29. The molecule has 0 aliphatic rings. The van der Waals surface area contributed by atoms with E-state index in [2.05, 4.69) is 26.2 Å². The van der Waals surface area contributed by atoms with Crippen LogP contribution >= 0.6 is 0 Å². The lowest BCUT2D eigenvalue weighted by molar-refractivity contribution is -0.126. The van der Waals surface area contributed by atoms with Crippen LogP contribution in [-0.4, -0.2) is 38.1 Å². The summed E-state index contributed by atoms with van der Waals surface area (Å²) in [5.41, 5.74) is 1.41. The highest BCUT2D eigenvalue weighted by Gasteiger charge is 2.23. The van der Waals surface area contributed by atoms with Gasteiger partial charge in [0.2, 0.25) is 11.8 Å². The van der Waals surface area contributed by atoms with Gasteiger partial charge in [-0.2, -0.15) is 0 Å². The zero-order valence-electron chi connectivity index (χ0n) is 13.6. The van der Waals surface area contributed by atoms with Crippen LogP contribution in [0.2, 0.25) is 0 Å². The van der Waals surface area contributed by atoms with E-state index < -0.39 is 6.04 Å². The number of hydrogen-bond donors (Lipinski definition) is 2. The zero-order chi connectivity index (χ0) is 17.0. The first-order chi connectivity index (χ1) is 10.9. The number of aromatic nitrogens is 4. The van der Waals surface area contributed by atoms with E-state index in [1.165, 1.54) is 6.92 Å². The number of carbonyl (C=O) groups is 2. The van der Waals surface area contributed by atoms with Crippen molar-refractivity contribution in [2.75, 3.05) is 5.32 Å². The van der Waals surface area contributed by atoms with E-state index in [1.807, 2.05) is 26.0 Å². The molecule has 1 heterocycles. The van der Waals surface area contributed by atoms with E-state index in [1.54, 1.807) is 23.9 Å². The Kier molecular flexibility index (Phi) is 5.05. The number of aryl methyl sites for hydroxylation is 1. The average molecular weight is 316 g/mol. The molecule has 2 amide bonds. The van der Waals surface area contributed by atoms with E-state index in [0.717, 1.165) is 5.56 Å². The molecule has 0 unspecified atom stereocenters. The van der Waals surface area contributed by atoms with Crippen molar-refractivity contribution in [1.82, 2.24) is 25.5 Å². The molecule has 122 valence electrons. The van der Waals surface area contributed by atoms with Crippen LogP contribution in [0.1, 0.15) is 20.8 Å². The summed E-state index contributed by atoms with van der Waals surface area (Å²) in [6.45, 7) is 5.15. The van der Waals surface area contributed by atoms with Crippen LogP contribution in [0, 0.1) is 5.92 Å². The second kappa shape index (κ2) is 6.99. The van der Waals surface area contributed by atoms with Crippen molar-refractivity contribution in [3.63, 3.8) is 0 Å². The van der Waals surface area contributed by atoms with Crippen molar-refractivity contribution in [2.45, 2.75) is 26.8 Å². The molecule has 0 spiro atoms. The van der Waals surface area contributed by atoms with Crippen LogP contribution in [-0.2, 0) is 16.6 Å². The quantitative estimate of drug-likeness (QED) is 0.856. The third-order valence-corrected chi connectivity index (χ3v) is 3.32. The van der Waals surface area contributed by atoms with Crippen LogP contribution in [0.5, 0.6) is 0 Å². The molecule has 1 aromatic heterocycles. The molecule has 8 nitrogen and oxygen atoms in total. The van der Waals surface area contributed by atoms with Gasteiger partial charge in [-0.3, -0.25) is 9.59 Å². The summed E-state index contributed by atoms with van der Waals surface area (Å²) in [5, 5.41) is 16.8. The molecule has 0 aliphatic heterocycles. The van der Waals surface area contributed by atoms with Gasteiger partial charge in [-0.1, -0.05) is 26.0 Å². The summed E-state index contributed by atoms with van der Waals surface area (Å²) in [5.74, 6) is 0.0783. The van der Waals surface area contributed by atoms with E-state index in [9.17, 15) is 9.59 Å². The average Bonchev–Trinajstić information content (AvgIpc) is 2.90. The number of rotatable bonds is 5. The molecule has 0 radical (unpaired) electrons. The highest BCUT2D eigenvalue weighted by molar-refractivity contribution is 5.97. The van der Waals surface area contributed by atoms with Crippen molar-refractivity contribution in [1.29, 1.82) is 0 Å². The smallest absolute Gasteiger partial charge is 0.247 e. The largest absolute Gasteiger partial charge is 0.344 e. The minimum absolute atomic E-state index is 0.0231. The molecule has 2 N–H and O–H groups in total. The maximum atomic E-state index is 12.4. The third-order valence-electron chi connectivity index (χ3n) is 3.32. The minimum atomic E-state index is -0.590. The Morgan fingerprint density at radius 3 is 2.57 bits per heavy atom. The summed E-state index contributed by atoms with van der Waals surface area (Å²) >= 11 is 0. The summed E-state index contributed by atoms with van der Waals surface area (Å²) < 4.78 is 1.55. The fourth-order valence-electron chi connectivity index (χ4n) is 2.18. The summed E-state index contributed by atoms with van der Waals surface area (Å²) in [7, 11) is 1.74. The molecule has 0 saturated heterocycles. The highest BCUT2D eigenvalue weighted by atomic mass is 16.2. The summed E-state index contributed by atoms with van der Waals surface area (Å²) in [4.78, 5) is 23.6. The predicted octanol–water partition coefficient (Wildman–Crippen LogP) is 0.976. The molecule has 23 heavy (non-hydrogen) atoms. The number of nitrogens with one attached hydrogen (secondary N) is 2. The number of anilines is 1. The number of hydrogen-bond acceptors (Lipinski definition) is 5. The summed E-state index contributed by atoms with van der Waals surface area (Å²) in [6.07, 6.45) is 0. The maximum absolute atomic E-state index is 12.4. The Bertz CT molecular complexity index is 709. The van der Waals surface area contributed by atoms with Crippen LogP contribution in [0.4, 0.5) is 5.69 Å². The highest BCUT2D eigenvalue weighted by Crippen LogP contribution is 2.20. The van der Waals surface area contributed by atoms with Gasteiger partial charge in [0.05, 0.1) is 0 Å². The van der Waals surface area contributed by atoms with Gasteiger partial charge in [0.1, 0.15) is 6.04 Å². The Hall–Kier alpha value is -2.77. The second-order valence-electron chi connectivity index (χ2n) is 5.62. The predicted molar refractivity (Wildman–Crippen MR) is 85.3 cm³/mol. The molecule has 1 aromatic carbocycles. The first-order valence-electron chi connectivity index (χ1n) is 7.29. The van der Waals surface area contributed by atoms with Crippen LogP contribution in [0.15, 0.2) is 24.3 Å². The lowest BCUT2D eigenvalue weighted by atomic mass is 10.0. The van der Waals surface area contributed by atoms with Gasteiger partial charge in [0, 0.05) is 25.2 Å². The Balaban J connectivity index is 2.18. The van der Waals surface area contributed by atoms with Crippen LogP contribution in [0.25, 0.3) is 11.4 Å². The molecule has 2 aromatic rings. The number of nitrogens with zero attached hydrogens (tertiary/aromatic N) is 4. The van der Waals surface area contributed by atoms with Gasteiger partial charge in [-0.05, 0) is 28.5 Å². The fraction of sp³-hybridized carbons (Fsp3) is 0.400. The molecular formula is C15H20N6O2. The molecule has 0 aliphatic carbocycles. The number of amides is 2. The molecule has 1 atom stereocenters. The van der Waals surface area contributed by atoms with Crippen LogP contribution < -0.4 is 10.6 Å². The van der Waals surface area contributed by atoms with Gasteiger partial charge in [-0.25, -0.2) is 4.68 Å². The molecule has 2 rings (SSSR count). The van der Waals surface area contributed by atoms with E-state index in [0.29, 0.717) is 11.5 Å². The van der Waals surface area contributed by atoms with Crippen LogP contribution in [0.3, 0.4) is 0 Å². The van der Waals surface area contributed by atoms with Crippen molar-refractivity contribution in [3.8, 4) is 11.4 Å². The monoisotopic (exact) mass is 316 g/mol. The molecule has 0 saturated carbocycles. The molecule has 8 heteroatoms. The lowest BCUT2D eigenvalue weighted by Gasteiger charge is -2.21. The summed E-state index contributed by atoms with van der Waals surface area (Å²) in [6, 6.07) is 6.63. The number of carbonyl (C=O) groups excluding carboxylic acids is 2. The standard InChI is InChI=1S/C15H20N6O2/c1-9(2)13(16-10(3)22)15(23)17-12-7-5-6-11(8-12)14-18-19-20-21(14)4/h5-9,13H,1-4H3,(H,16,22)(H,17,23)/t13-/m0/s1. The maximum Gasteiger partial charge on any atom is 0.247 e. The third kappa shape index (κ3) is 4.12. The SMILES string of the molecule is CC(=O)N[C@H](C(=O)Nc1cccc(-c2nnnn2C)c1)C(C)C. The van der Waals surface area contributed by atoms with E-state index in [4.69, 9.17) is 0 Å². The molecule has 0 bridgehead atoms. The zero-order valence-corrected chi connectivity index (χ0v) is 13.6. The van der Waals surface area contributed by atoms with Crippen molar-refractivity contribution >= 4 is 17.5 Å². The number of tetrazole rings is 1. The second-order valence-corrected chi connectivity index (χ2v) is 5.62. The Labute approximate surface area is 134 Å². The Morgan fingerprint density at radius 2 is 2.00 bits per heavy atom.